The molecule has 1 saturated heterocycles. The molecule has 172 valence electrons. The van der Waals surface area contributed by atoms with Gasteiger partial charge in [0.1, 0.15) is 17.0 Å². The van der Waals surface area contributed by atoms with E-state index in [9.17, 15) is 9.59 Å². The smallest absolute Gasteiger partial charge is 0.349 e. The molecule has 0 atom stereocenters. The number of para-hydroxylation sites is 1. The van der Waals surface area contributed by atoms with E-state index in [2.05, 4.69) is 25.5 Å². The Hall–Kier alpha value is -4.24. The van der Waals surface area contributed by atoms with E-state index in [4.69, 9.17) is 9.15 Å². The van der Waals surface area contributed by atoms with E-state index >= 15 is 0 Å². The Bertz CT molecular complexity index is 1390. The third kappa shape index (κ3) is 4.74. The van der Waals surface area contributed by atoms with Crippen LogP contribution in [0.4, 0.5) is 23.1 Å². The van der Waals surface area contributed by atoms with Gasteiger partial charge in [-0.15, -0.1) is 0 Å². The number of nitrogens with zero attached hydrogens (tertiary/aromatic N) is 3. The number of anilines is 4. The largest absolute Gasteiger partial charge is 0.422 e. The molecule has 1 amide bonds. The lowest BCUT2D eigenvalue weighted by Gasteiger charge is -2.28. The molecule has 1 fully saturated rings. The summed E-state index contributed by atoms with van der Waals surface area (Å²) >= 11 is 0. The molecule has 1 aliphatic heterocycles. The van der Waals surface area contributed by atoms with Crippen molar-refractivity contribution in [2.45, 2.75) is 6.92 Å². The number of aryl methyl sites for hydroxylation is 1. The molecule has 9 nitrogen and oxygen atoms in total. The summed E-state index contributed by atoms with van der Waals surface area (Å²) in [5.41, 5.74) is 1.88. The first kappa shape index (κ1) is 21.6. The van der Waals surface area contributed by atoms with Crippen LogP contribution in [-0.4, -0.2) is 42.2 Å². The fourth-order valence-electron chi connectivity index (χ4n) is 3.75. The molecule has 0 radical (unpaired) electrons. The summed E-state index contributed by atoms with van der Waals surface area (Å²) in [6.07, 6.45) is 0. The van der Waals surface area contributed by atoms with E-state index < -0.39 is 11.5 Å². The van der Waals surface area contributed by atoms with Crippen LogP contribution in [-0.2, 0) is 4.74 Å². The molecule has 0 bridgehead atoms. The number of nitrogens with one attached hydrogen (secondary N) is 2. The average molecular weight is 457 g/mol. The van der Waals surface area contributed by atoms with E-state index in [1.165, 1.54) is 6.07 Å². The van der Waals surface area contributed by atoms with Gasteiger partial charge in [-0.3, -0.25) is 4.79 Å². The van der Waals surface area contributed by atoms with Gasteiger partial charge in [-0.05, 0) is 43.3 Å². The number of fused-ring (bicyclic) bond motifs is 1. The second-order valence-corrected chi connectivity index (χ2v) is 7.93. The van der Waals surface area contributed by atoms with Crippen molar-refractivity contribution in [1.82, 2.24) is 9.97 Å². The zero-order chi connectivity index (χ0) is 23.5. The van der Waals surface area contributed by atoms with Gasteiger partial charge in [-0.1, -0.05) is 18.2 Å². The van der Waals surface area contributed by atoms with Gasteiger partial charge in [-0.25, -0.2) is 9.78 Å². The lowest BCUT2D eigenvalue weighted by molar-refractivity contribution is 0.102. The number of morpholine rings is 1. The molecule has 0 spiro atoms. The summed E-state index contributed by atoms with van der Waals surface area (Å²) in [4.78, 5) is 36.2. The molecule has 0 aliphatic carbocycles. The zero-order valence-electron chi connectivity index (χ0n) is 18.6. The molecule has 0 saturated carbocycles. The number of rotatable bonds is 5. The van der Waals surface area contributed by atoms with Gasteiger partial charge < -0.3 is 24.7 Å². The van der Waals surface area contributed by atoms with Crippen LogP contribution in [0.1, 0.15) is 16.1 Å². The minimum absolute atomic E-state index is 0.0512. The Labute approximate surface area is 195 Å². The quantitative estimate of drug-likeness (QED) is 0.437. The highest BCUT2D eigenvalue weighted by atomic mass is 16.5. The van der Waals surface area contributed by atoms with E-state index in [1.54, 1.807) is 42.5 Å². The Balaban J connectivity index is 1.29. The van der Waals surface area contributed by atoms with Crippen LogP contribution in [0.15, 0.2) is 69.9 Å². The second-order valence-electron chi connectivity index (χ2n) is 7.93. The molecular formula is C25H23N5O4. The monoisotopic (exact) mass is 457 g/mol. The van der Waals surface area contributed by atoms with Crippen LogP contribution in [0.3, 0.4) is 0 Å². The topological polar surface area (TPSA) is 110 Å². The van der Waals surface area contributed by atoms with E-state index in [0.29, 0.717) is 35.8 Å². The molecule has 1 aliphatic rings. The predicted octanol–water partition coefficient (Wildman–Crippen LogP) is 3.72. The molecular weight excluding hydrogens is 434 g/mol. The first-order chi connectivity index (χ1) is 16.5. The van der Waals surface area contributed by atoms with Crippen LogP contribution in [0.5, 0.6) is 0 Å². The highest BCUT2D eigenvalue weighted by Crippen LogP contribution is 2.21. The third-order valence-corrected chi connectivity index (χ3v) is 5.46. The minimum atomic E-state index is -0.679. The van der Waals surface area contributed by atoms with Gasteiger partial charge >= 0.3 is 5.63 Å². The standard InChI is InChI=1S/C25H23N5O4/c1-16-14-22(30-10-12-33-13-11-30)29-25(26-16)28-19-8-6-18(7-9-19)27-23(31)20-15-17-4-2-3-5-21(17)34-24(20)32/h2-9,14-15H,10-13H2,1H3,(H,27,31)(H,26,28,29). The van der Waals surface area contributed by atoms with E-state index in [1.807, 2.05) is 19.1 Å². The zero-order valence-corrected chi connectivity index (χ0v) is 18.6. The van der Waals surface area contributed by atoms with Crippen LogP contribution in [0.2, 0.25) is 0 Å². The van der Waals surface area contributed by atoms with Gasteiger partial charge in [0, 0.05) is 41.6 Å². The Kier molecular flexibility index (Phi) is 5.92. The van der Waals surface area contributed by atoms with E-state index in [0.717, 1.165) is 30.3 Å². The van der Waals surface area contributed by atoms with Gasteiger partial charge in [0.05, 0.1) is 13.2 Å². The highest BCUT2D eigenvalue weighted by molar-refractivity contribution is 6.05. The van der Waals surface area contributed by atoms with Crippen LogP contribution < -0.4 is 21.2 Å². The number of hydrogen-bond acceptors (Lipinski definition) is 8. The van der Waals surface area contributed by atoms with E-state index in [-0.39, 0.29) is 5.56 Å². The normalized spacial score (nSPS) is 13.6. The maximum atomic E-state index is 12.7. The summed E-state index contributed by atoms with van der Waals surface area (Å²) in [5, 5.41) is 6.63. The van der Waals surface area contributed by atoms with Gasteiger partial charge in [-0.2, -0.15) is 4.98 Å². The summed E-state index contributed by atoms with van der Waals surface area (Å²) in [6, 6.07) is 17.6. The van der Waals surface area contributed by atoms with Crippen molar-refractivity contribution in [2.75, 3.05) is 41.8 Å². The third-order valence-electron chi connectivity index (χ3n) is 5.46. The van der Waals surface area contributed by atoms with Crippen molar-refractivity contribution in [3.63, 3.8) is 0 Å². The number of ether oxygens (including phenoxy) is 1. The molecule has 4 aromatic rings. The minimum Gasteiger partial charge on any atom is -0.422 e. The molecule has 2 aromatic carbocycles. The van der Waals surface area contributed by atoms with Crippen molar-refractivity contribution in [3.05, 3.63) is 82.3 Å². The molecule has 34 heavy (non-hydrogen) atoms. The molecule has 3 heterocycles. The van der Waals surface area contributed by atoms with Crippen LogP contribution in [0.25, 0.3) is 11.0 Å². The van der Waals surface area contributed by atoms with Crippen molar-refractivity contribution in [1.29, 1.82) is 0 Å². The van der Waals surface area contributed by atoms with Gasteiger partial charge in [0.2, 0.25) is 5.95 Å². The summed E-state index contributed by atoms with van der Waals surface area (Å²) < 4.78 is 10.7. The number of hydrogen-bond donors (Lipinski definition) is 2. The predicted molar refractivity (Wildman–Crippen MR) is 130 cm³/mol. The fraction of sp³-hybridized carbons (Fsp3) is 0.200. The molecule has 5 rings (SSSR count). The maximum absolute atomic E-state index is 12.7. The summed E-state index contributed by atoms with van der Waals surface area (Å²) in [6.45, 7) is 4.87. The first-order valence-corrected chi connectivity index (χ1v) is 10.9. The Morgan fingerprint density at radius 3 is 2.50 bits per heavy atom. The second kappa shape index (κ2) is 9.32. The maximum Gasteiger partial charge on any atom is 0.349 e. The van der Waals surface area contributed by atoms with Gasteiger partial charge in [0.25, 0.3) is 5.91 Å². The first-order valence-electron chi connectivity index (χ1n) is 10.9. The molecule has 0 unspecified atom stereocenters. The number of carbonyl (C=O) groups excluding carboxylic acids is 1. The summed E-state index contributed by atoms with van der Waals surface area (Å²) in [5.74, 6) is 0.820. The average Bonchev–Trinajstić information content (AvgIpc) is 2.85. The number of benzene rings is 2. The molecule has 2 aromatic heterocycles. The number of amides is 1. The van der Waals surface area contributed by atoms with Crippen molar-refractivity contribution in [2.24, 2.45) is 0 Å². The molecule has 2 N–H and O–H groups in total. The Morgan fingerprint density at radius 2 is 1.71 bits per heavy atom. The van der Waals surface area contributed by atoms with Crippen molar-refractivity contribution >= 4 is 40.0 Å². The number of carbonyl (C=O) groups is 1. The van der Waals surface area contributed by atoms with Gasteiger partial charge in [0.15, 0.2) is 0 Å². The lowest BCUT2D eigenvalue weighted by Crippen LogP contribution is -2.36. The highest BCUT2D eigenvalue weighted by Gasteiger charge is 2.15. The van der Waals surface area contributed by atoms with Crippen LogP contribution >= 0.6 is 0 Å². The van der Waals surface area contributed by atoms with Crippen molar-refractivity contribution in [3.8, 4) is 0 Å². The molecule has 9 heteroatoms. The number of aromatic nitrogens is 2. The van der Waals surface area contributed by atoms with Crippen molar-refractivity contribution < 1.29 is 13.9 Å². The fourth-order valence-corrected chi connectivity index (χ4v) is 3.75. The SMILES string of the molecule is Cc1cc(N2CCOCC2)nc(Nc2ccc(NC(=O)c3cc4ccccc4oc3=O)cc2)n1. The Morgan fingerprint density at radius 1 is 0.971 bits per heavy atom. The summed E-state index contributed by atoms with van der Waals surface area (Å²) in [7, 11) is 0. The lowest BCUT2D eigenvalue weighted by atomic mass is 10.1. The van der Waals surface area contributed by atoms with Crippen LogP contribution in [0, 0.1) is 6.92 Å².